The van der Waals surface area contributed by atoms with Gasteiger partial charge in [-0.2, -0.15) is 0 Å². The summed E-state index contributed by atoms with van der Waals surface area (Å²) in [6.07, 6.45) is 0. The van der Waals surface area contributed by atoms with Crippen LogP contribution in [-0.4, -0.2) is 23.9 Å². The standard InChI is InChI=1S/C13H20BrNO2.ClH/c1-4-17-12-6-5-10(7-11(12)14)8-15-13(2,3)9-16;/h5-7,15-16H,4,8-9H2,1-3H3;1H/p-1. The number of aliphatic hydroxyl groups is 1. The Morgan fingerprint density at radius 2 is 2.06 bits per heavy atom. The number of ether oxygens (including phenoxy) is 1. The van der Waals surface area contributed by atoms with E-state index < -0.39 is 0 Å². The van der Waals surface area contributed by atoms with Crippen molar-refractivity contribution < 1.29 is 22.3 Å². The van der Waals surface area contributed by atoms with Gasteiger partial charge < -0.3 is 27.6 Å². The molecule has 0 aliphatic rings. The van der Waals surface area contributed by atoms with Crippen LogP contribution in [0.3, 0.4) is 0 Å². The molecule has 0 atom stereocenters. The van der Waals surface area contributed by atoms with Crippen molar-refractivity contribution in [2.75, 3.05) is 13.2 Å². The second kappa shape index (κ2) is 8.00. The predicted octanol–water partition coefficient (Wildman–Crippen LogP) is -0.288. The smallest absolute Gasteiger partial charge is 0.133 e. The lowest BCUT2D eigenvalue weighted by atomic mass is 10.1. The summed E-state index contributed by atoms with van der Waals surface area (Å²) in [6.45, 7) is 7.40. The molecular weight excluding hydrogens is 318 g/mol. The molecule has 0 fully saturated rings. The SMILES string of the molecule is CCOc1ccc(CNC(C)(C)CO)cc1Br.[Cl-]. The van der Waals surface area contributed by atoms with E-state index in [0.717, 1.165) is 22.3 Å². The zero-order chi connectivity index (χ0) is 12.9. The van der Waals surface area contributed by atoms with Gasteiger partial charge in [0.15, 0.2) is 0 Å². The lowest BCUT2D eigenvalue weighted by Crippen LogP contribution is -3.00. The van der Waals surface area contributed by atoms with Crippen molar-refractivity contribution in [2.24, 2.45) is 0 Å². The largest absolute Gasteiger partial charge is 1.00 e. The van der Waals surface area contributed by atoms with Crippen LogP contribution in [0.4, 0.5) is 0 Å². The van der Waals surface area contributed by atoms with Gasteiger partial charge in [-0.25, -0.2) is 0 Å². The molecule has 18 heavy (non-hydrogen) atoms. The van der Waals surface area contributed by atoms with Gasteiger partial charge in [-0.1, -0.05) is 6.07 Å². The first kappa shape index (κ1) is 17.7. The summed E-state index contributed by atoms with van der Waals surface area (Å²) < 4.78 is 6.41. The van der Waals surface area contributed by atoms with Gasteiger partial charge in [-0.3, -0.25) is 0 Å². The van der Waals surface area contributed by atoms with Crippen LogP contribution in [0.5, 0.6) is 5.75 Å². The Hall–Kier alpha value is -0.290. The van der Waals surface area contributed by atoms with Crippen molar-refractivity contribution in [3.05, 3.63) is 28.2 Å². The molecule has 0 aromatic heterocycles. The topological polar surface area (TPSA) is 41.5 Å². The summed E-state index contributed by atoms with van der Waals surface area (Å²) in [7, 11) is 0. The van der Waals surface area contributed by atoms with E-state index in [1.54, 1.807) is 0 Å². The Bertz CT molecular complexity index is 372. The van der Waals surface area contributed by atoms with Crippen LogP contribution >= 0.6 is 15.9 Å². The first-order valence-electron chi connectivity index (χ1n) is 5.75. The minimum absolute atomic E-state index is 0. The van der Waals surface area contributed by atoms with Crippen molar-refractivity contribution in [2.45, 2.75) is 32.9 Å². The number of benzene rings is 1. The number of aliphatic hydroxyl groups excluding tert-OH is 1. The monoisotopic (exact) mass is 336 g/mol. The van der Waals surface area contributed by atoms with Gasteiger partial charge in [-0.05, 0) is 54.4 Å². The highest BCUT2D eigenvalue weighted by atomic mass is 79.9. The third-order valence-electron chi connectivity index (χ3n) is 2.46. The molecule has 0 radical (unpaired) electrons. The third-order valence-corrected chi connectivity index (χ3v) is 3.08. The maximum absolute atomic E-state index is 9.15. The van der Waals surface area contributed by atoms with Gasteiger partial charge in [0.2, 0.25) is 0 Å². The average Bonchev–Trinajstić information content (AvgIpc) is 2.30. The summed E-state index contributed by atoms with van der Waals surface area (Å²) in [5.74, 6) is 0.859. The lowest BCUT2D eigenvalue weighted by molar-refractivity contribution is -0.00000506. The summed E-state index contributed by atoms with van der Waals surface area (Å²) in [4.78, 5) is 0. The number of hydrogen-bond acceptors (Lipinski definition) is 3. The Kier molecular flexibility index (Phi) is 7.87. The number of halogens is 2. The molecule has 1 rings (SSSR count). The maximum Gasteiger partial charge on any atom is 0.133 e. The highest BCUT2D eigenvalue weighted by molar-refractivity contribution is 9.10. The number of hydrogen-bond donors (Lipinski definition) is 2. The molecule has 3 nitrogen and oxygen atoms in total. The molecule has 0 aliphatic carbocycles. The molecule has 1 aromatic rings. The summed E-state index contributed by atoms with van der Waals surface area (Å²) in [5.41, 5.74) is 0.896. The van der Waals surface area contributed by atoms with Crippen LogP contribution in [0.25, 0.3) is 0 Å². The molecule has 2 N–H and O–H groups in total. The molecule has 0 heterocycles. The summed E-state index contributed by atoms with van der Waals surface area (Å²) in [6, 6.07) is 6.01. The average molecular weight is 338 g/mol. The molecule has 0 aliphatic heterocycles. The van der Waals surface area contributed by atoms with E-state index in [2.05, 4.69) is 21.2 Å². The van der Waals surface area contributed by atoms with Crippen LogP contribution < -0.4 is 22.5 Å². The van der Waals surface area contributed by atoms with Gasteiger partial charge in [0.1, 0.15) is 5.75 Å². The fourth-order valence-corrected chi connectivity index (χ4v) is 1.86. The molecule has 0 bridgehead atoms. The second-order valence-electron chi connectivity index (χ2n) is 4.59. The van der Waals surface area contributed by atoms with E-state index >= 15 is 0 Å². The first-order valence-corrected chi connectivity index (χ1v) is 6.55. The highest BCUT2D eigenvalue weighted by Crippen LogP contribution is 2.26. The van der Waals surface area contributed by atoms with Crippen molar-refractivity contribution in [3.63, 3.8) is 0 Å². The number of nitrogens with one attached hydrogen (secondary N) is 1. The van der Waals surface area contributed by atoms with Crippen LogP contribution in [-0.2, 0) is 6.54 Å². The van der Waals surface area contributed by atoms with Crippen molar-refractivity contribution >= 4 is 15.9 Å². The summed E-state index contributed by atoms with van der Waals surface area (Å²) >= 11 is 3.48. The zero-order valence-corrected chi connectivity index (χ0v) is 13.3. The van der Waals surface area contributed by atoms with E-state index in [-0.39, 0.29) is 24.6 Å². The Balaban J connectivity index is 0.00000289. The molecular formula is C13H20BrClNO2-. The second-order valence-corrected chi connectivity index (χ2v) is 5.45. The lowest BCUT2D eigenvalue weighted by Gasteiger charge is -2.23. The molecule has 5 heteroatoms. The third kappa shape index (κ3) is 5.57. The van der Waals surface area contributed by atoms with Gasteiger partial charge in [-0.15, -0.1) is 0 Å². The highest BCUT2D eigenvalue weighted by Gasteiger charge is 2.15. The molecule has 0 spiro atoms. The van der Waals surface area contributed by atoms with Crippen molar-refractivity contribution in [1.29, 1.82) is 0 Å². The van der Waals surface area contributed by atoms with Gasteiger partial charge in [0.05, 0.1) is 17.7 Å². The van der Waals surface area contributed by atoms with Gasteiger partial charge in [0, 0.05) is 12.1 Å². The Labute approximate surface area is 123 Å². The Morgan fingerprint density at radius 3 is 2.56 bits per heavy atom. The maximum atomic E-state index is 9.15. The zero-order valence-electron chi connectivity index (χ0n) is 11.0. The fourth-order valence-electron chi connectivity index (χ4n) is 1.32. The molecule has 0 saturated heterocycles. The van der Waals surface area contributed by atoms with Gasteiger partial charge >= 0.3 is 0 Å². The van der Waals surface area contributed by atoms with Crippen molar-refractivity contribution in [1.82, 2.24) is 5.32 Å². The van der Waals surface area contributed by atoms with Crippen molar-refractivity contribution in [3.8, 4) is 5.75 Å². The quantitative estimate of drug-likeness (QED) is 0.750. The normalized spacial score (nSPS) is 10.9. The van der Waals surface area contributed by atoms with E-state index in [0.29, 0.717) is 6.61 Å². The van der Waals surface area contributed by atoms with Crippen LogP contribution in [0.2, 0.25) is 0 Å². The van der Waals surface area contributed by atoms with E-state index in [4.69, 9.17) is 9.84 Å². The molecule has 104 valence electrons. The molecule has 0 saturated carbocycles. The van der Waals surface area contributed by atoms with Crippen LogP contribution in [0, 0.1) is 0 Å². The molecule has 0 amide bonds. The van der Waals surface area contributed by atoms with Crippen LogP contribution in [0.1, 0.15) is 26.3 Å². The molecule has 0 unspecified atom stereocenters. The number of rotatable bonds is 6. The minimum atomic E-state index is -0.259. The minimum Gasteiger partial charge on any atom is -1.00 e. The van der Waals surface area contributed by atoms with Gasteiger partial charge in [0.25, 0.3) is 0 Å². The van der Waals surface area contributed by atoms with Crippen LogP contribution in [0.15, 0.2) is 22.7 Å². The summed E-state index contributed by atoms with van der Waals surface area (Å²) in [5, 5.41) is 12.4. The fraction of sp³-hybridized carbons (Fsp3) is 0.538. The molecule has 1 aromatic carbocycles. The van der Waals surface area contributed by atoms with E-state index in [9.17, 15) is 0 Å². The predicted molar refractivity (Wildman–Crippen MR) is 73.3 cm³/mol. The Morgan fingerprint density at radius 1 is 1.39 bits per heavy atom. The van der Waals surface area contributed by atoms with E-state index in [1.165, 1.54) is 0 Å². The van der Waals surface area contributed by atoms with E-state index in [1.807, 2.05) is 39.0 Å². The first-order chi connectivity index (χ1) is 7.98.